The average Bonchev–Trinajstić information content (AvgIpc) is 3.09. The Morgan fingerprint density at radius 1 is 0.588 bits per heavy atom. The Balaban J connectivity index is 1.28. The first-order chi connectivity index (χ1) is 24.2. The van der Waals surface area contributed by atoms with Crippen LogP contribution < -0.4 is 10.5 Å². The van der Waals surface area contributed by atoms with E-state index in [4.69, 9.17) is 10.5 Å². The number of hydrogen-bond donors (Lipinski definition) is 4. The van der Waals surface area contributed by atoms with Crippen LogP contribution >= 0.6 is 0 Å². The Bertz CT molecular complexity index is 2660. The summed E-state index contributed by atoms with van der Waals surface area (Å²) in [6, 6.07) is 23.9. The van der Waals surface area contributed by atoms with E-state index in [0.29, 0.717) is 45.0 Å². The van der Waals surface area contributed by atoms with E-state index in [1.165, 1.54) is 55.6 Å². The molecule has 0 aliphatic heterocycles. The number of fused-ring (bicyclic) bond motifs is 2. The molecule has 0 radical (unpaired) electrons. The molecule has 0 fully saturated rings. The molecule has 0 saturated heterocycles. The molecule has 258 valence electrons. The Morgan fingerprint density at radius 2 is 1.16 bits per heavy atom. The number of ether oxygens (including phenoxy) is 1. The molecule has 6 aromatic rings. The number of nitrogens with two attached hydrogens (primary N) is 1. The van der Waals surface area contributed by atoms with Crippen LogP contribution in [-0.4, -0.2) is 38.2 Å². The molecule has 6 aromatic carbocycles. The predicted molar refractivity (Wildman–Crippen MR) is 190 cm³/mol. The molecular weight excluding hydrogens is 699 g/mol. The van der Waals surface area contributed by atoms with Gasteiger partial charge in [-0.3, -0.25) is 9.11 Å². The zero-order valence-corrected chi connectivity index (χ0v) is 28.3. The third kappa shape index (κ3) is 7.41. The molecule has 0 aliphatic rings. The number of hydrogen-bond acceptors (Lipinski definition) is 13. The third-order valence-corrected chi connectivity index (χ3v) is 9.46. The summed E-state index contributed by atoms with van der Waals surface area (Å²) < 4.78 is 71.8. The maximum Gasteiger partial charge on any atom is 0.295 e. The highest BCUT2D eigenvalue weighted by molar-refractivity contribution is 7.86. The Hall–Kier alpha value is -6.14. The van der Waals surface area contributed by atoms with Gasteiger partial charge in [-0.15, -0.1) is 15.3 Å². The van der Waals surface area contributed by atoms with E-state index in [-0.39, 0.29) is 37.7 Å². The Labute approximate surface area is 291 Å². The number of aryl methyl sites for hydroxylation is 1. The summed E-state index contributed by atoms with van der Waals surface area (Å²) in [5.74, 6) is 0.122. The number of rotatable bonds is 9. The van der Waals surface area contributed by atoms with Crippen molar-refractivity contribution in [1.82, 2.24) is 0 Å². The lowest BCUT2D eigenvalue weighted by Crippen LogP contribution is -1.98. The molecule has 6 rings (SSSR count). The smallest absolute Gasteiger partial charge is 0.295 e. The van der Waals surface area contributed by atoms with Crippen LogP contribution in [0.2, 0.25) is 0 Å². The van der Waals surface area contributed by atoms with Crippen molar-refractivity contribution >= 4 is 81.6 Å². The maximum absolute atomic E-state index is 12.0. The van der Waals surface area contributed by atoms with Crippen molar-refractivity contribution in [2.75, 3.05) is 12.8 Å². The van der Waals surface area contributed by atoms with Crippen molar-refractivity contribution in [3.05, 3.63) is 103 Å². The van der Waals surface area contributed by atoms with E-state index in [9.17, 15) is 31.0 Å². The van der Waals surface area contributed by atoms with Gasteiger partial charge in [0, 0.05) is 27.6 Å². The fraction of sp³-hybridized carbons (Fsp3) is 0.0588. The molecule has 0 bridgehead atoms. The van der Waals surface area contributed by atoms with E-state index >= 15 is 0 Å². The van der Waals surface area contributed by atoms with Crippen molar-refractivity contribution in [3.63, 3.8) is 0 Å². The first-order valence-corrected chi connectivity index (χ1v) is 17.7. The summed E-state index contributed by atoms with van der Waals surface area (Å²) in [5, 5.41) is 37.3. The third-order valence-electron chi connectivity index (χ3n) is 7.70. The van der Waals surface area contributed by atoms with Gasteiger partial charge in [-0.1, -0.05) is 24.3 Å². The predicted octanol–water partition coefficient (Wildman–Crippen LogP) is 9.34. The molecule has 0 spiro atoms. The van der Waals surface area contributed by atoms with Crippen molar-refractivity contribution in [1.29, 1.82) is 0 Å². The normalized spacial score (nSPS) is 12.5. The topological polar surface area (TPSA) is 238 Å². The van der Waals surface area contributed by atoms with Crippen molar-refractivity contribution in [2.45, 2.75) is 16.7 Å². The lowest BCUT2D eigenvalue weighted by Gasteiger charge is -2.08. The van der Waals surface area contributed by atoms with Crippen LogP contribution in [0.4, 0.5) is 39.8 Å². The molecule has 0 aliphatic carbocycles. The average molecular weight is 726 g/mol. The van der Waals surface area contributed by atoms with Crippen LogP contribution in [0.25, 0.3) is 21.5 Å². The van der Waals surface area contributed by atoms with Gasteiger partial charge in [0.15, 0.2) is 5.75 Å². The zero-order chi connectivity index (χ0) is 36.5. The van der Waals surface area contributed by atoms with Crippen LogP contribution in [0.15, 0.2) is 138 Å². The molecule has 5 N–H and O–H groups in total. The summed E-state index contributed by atoms with van der Waals surface area (Å²) in [5.41, 5.74) is 9.26. The van der Waals surface area contributed by atoms with Crippen molar-refractivity contribution < 1.29 is 35.8 Å². The van der Waals surface area contributed by atoms with Crippen LogP contribution in [0.3, 0.4) is 0 Å². The van der Waals surface area contributed by atoms with Crippen LogP contribution in [0.5, 0.6) is 11.5 Å². The van der Waals surface area contributed by atoms with Crippen molar-refractivity contribution in [3.8, 4) is 11.5 Å². The minimum absolute atomic E-state index is 0.0706. The van der Waals surface area contributed by atoms with Crippen LogP contribution in [0, 0.1) is 6.92 Å². The van der Waals surface area contributed by atoms with Gasteiger partial charge in [-0.25, -0.2) is 0 Å². The molecule has 17 heteroatoms. The molecule has 15 nitrogen and oxygen atoms in total. The van der Waals surface area contributed by atoms with Crippen LogP contribution in [-0.2, 0) is 20.2 Å². The van der Waals surface area contributed by atoms with Gasteiger partial charge in [0.2, 0.25) is 0 Å². The van der Waals surface area contributed by atoms with E-state index in [1.54, 1.807) is 48.5 Å². The number of anilines is 1. The van der Waals surface area contributed by atoms with E-state index < -0.39 is 20.2 Å². The summed E-state index contributed by atoms with van der Waals surface area (Å²) in [6.07, 6.45) is 0. The lowest BCUT2D eigenvalue weighted by atomic mass is 10.1. The summed E-state index contributed by atoms with van der Waals surface area (Å²) in [6.45, 7) is 1.82. The van der Waals surface area contributed by atoms with Gasteiger partial charge < -0.3 is 15.6 Å². The van der Waals surface area contributed by atoms with E-state index in [0.717, 1.165) is 5.56 Å². The molecule has 0 heterocycles. The summed E-state index contributed by atoms with van der Waals surface area (Å²) in [4.78, 5) is -0.687. The molecule has 0 unspecified atom stereocenters. The monoisotopic (exact) mass is 725 g/mol. The number of phenolic OH excluding ortho intramolecular Hbond substituents is 1. The second-order valence-electron chi connectivity index (χ2n) is 11.0. The number of methoxy groups -OCH3 is 1. The molecule has 51 heavy (non-hydrogen) atoms. The second kappa shape index (κ2) is 13.6. The highest BCUT2D eigenvalue weighted by atomic mass is 32.2. The second-order valence-corrected chi connectivity index (χ2v) is 13.9. The quantitative estimate of drug-likeness (QED) is 0.0629. The first-order valence-electron chi connectivity index (χ1n) is 14.8. The van der Waals surface area contributed by atoms with Crippen molar-refractivity contribution in [2.24, 2.45) is 30.7 Å². The number of benzene rings is 6. The Morgan fingerprint density at radius 3 is 1.78 bits per heavy atom. The molecule has 0 aromatic heterocycles. The lowest BCUT2D eigenvalue weighted by molar-refractivity contribution is 0.417. The molecular formula is C34H27N7O8S2. The SMILES string of the molecule is COc1cc(N=Nc2ccc(N=Nc3ccc(N=Nc4ccc5c(S(=O)(=O)O)cccc5c4O)cc3)c3cc(S(=O)(=O)O)ccc23)c(C)cc1N. The number of nitrogens with zero attached hydrogens (tertiary/aromatic N) is 6. The van der Waals surface area contributed by atoms with Crippen LogP contribution in [0.1, 0.15) is 5.56 Å². The van der Waals surface area contributed by atoms with Gasteiger partial charge in [0.1, 0.15) is 16.3 Å². The van der Waals surface area contributed by atoms with Gasteiger partial charge in [-0.05, 0) is 79.2 Å². The van der Waals surface area contributed by atoms with E-state index in [2.05, 4.69) is 30.7 Å². The highest BCUT2D eigenvalue weighted by Gasteiger charge is 2.17. The molecule has 0 saturated carbocycles. The number of phenols is 1. The fourth-order valence-corrected chi connectivity index (χ4v) is 6.35. The Kier molecular flexibility index (Phi) is 9.28. The minimum Gasteiger partial charge on any atom is -0.505 e. The minimum atomic E-state index is -4.54. The fourth-order valence-electron chi connectivity index (χ4n) is 5.14. The van der Waals surface area contributed by atoms with Gasteiger partial charge >= 0.3 is 0 Å². The summed E-state index contributed by atoms with van der Waals surface area (Å²) in [7, 11) is -7.56. The van der Waals surface area contributed by atoms with Gasteiger partial charge in [0.25, 0.3) is 20.2 Å². The summed E-state index contributed by atoms with van der Waals surface area (Å²) >= 11 is 0. The van der Waals surface area contributed by atoms with Gasteiger partial charge in [-0.2, -0.15) is 32.2 Å². The first kappa shape index (κ1) is 34.7. The highest BCUT2D eigenvalue weighted by Crippen LogP contribution is 2.40. The zero-order valence-electron chi connectivity index (χ0n) is 26.7. The largest absolute Gasteiger partial charge is 0.505 e. The van der Waals surface area contributed by atoms with E-state index in [1.807, 2.05) is 6.92 Å². The van der Waals surface area contributed by atoms with Gasteiger partial charge in [0.05, 0.1) is 46.1 Å². The standard InChI is InChI=1S/C34H27N7O8S2/c1-19-16-27(35)32(49-2)18-31(19)41-39-28-14-15-29(26-17-22(50(43,44)45)10-11-23(26)28)38-36-20-6-8-21(9-7-20)37-40-30-13-12-24-25(34(30)42)4-3-5-33(24)51(46,47)48/h3-18,42H,35H2,1-2H3,(H,43,44,45)(H,46,47,48). The number of aromatic hydroxyl groups is 1. The number of azo groups is 3. The molecule has 0 amide bonds. The molecule has 0 atom stereocenters. The maximum atomic E-state index is 12.0. The number of nitrogen functional groups attached to an aromatic ring is 1.